The van der Waals surface area contributed by atoms with Crippen molar-refractivity contribution in [2.24, 2.45) is 0 Å². The highest BCUT2D eigenvalue weighted by Crippen LogP contribution is 1.93. The van der Waals surface area contributed by atoms with Gasteiger partial charge in [0.1, 0.15) is 25.5 Å². The maximum atomic E-state index is 5.44. The molecule has 0 aromatic carbocycles. The first-order valence-corrected chi connectivity index (χ1v) is 6.49. The van der Waals surface area contributed by atoms with Crippen LogP contribution in [0.4, 0.5) is 0 Å². The maximum absolute atomic E-state index is 5.44. The Labute approximate surface area is 114 Å². The minimum absolute atomic E-state index is 0.161. The van der Waals surface area contributed by atoms with Crippen molar-refractivity contribution in [3.8, 4) is 0 Å². The molecular weight excluding hydrogens is 248 g/mol. The van der Waals surface area contributed by atoms with Gasteiger partial charge in [0, 0.05) is 14.2 Å². The van der Waals surface area contributed by atoms with E-state index in [4.69, 9.17) is 18.9 Å². The van der Waals surface area contributed by atoms with Gasteiger partial charge in [-0.1, -0.05) is 0 Å². The molecule has 1 heterocycles. The molecule has 1 aromatic heterocycles. The normalized spacial score (nSPS) is 14.5. The van der Waals surface area contributed by atoms with Crippen LogP contribution < -0.4 is 4.57 Å². The lowest BCUT2D eigenvalue weighted by molar-refractivity contribution is -0.698. The molecule has 2 atom stereocenters. The van der Waals surface area contributed by atoms with Crippen molar-refractivity contribution in [3.63, 3.8) is 0 Å². The highest BCUT2D eigenvalue weighted by Gasteiger charge is 2.06. The van der Waals surface area contributed by atoms with Crippen LogP contribution in [0.2, 0.25) is 0 Å². The average Bonchev–Trinajstić information content (AvgIpc) is 2.86. The molecule has 110 valence electrons. The fourth-order valence-electron chi connectivity index (χ4n) is 1.49. The van der Waals surface area contributed by atoms with Gasteiger partial charge in [0.2, 0.25) is 6.33 Å². The summed E-state index contributed by atoms with van der Waals surface area (Å²) >= 11 is 0. The Hall–Kier alpha value is -0.950. The van der Waals surface area contributed by atoms with E-state index in [1.54, 1.807) is 14.2 Å². The molecule has 0 N–H and O–H groups in total. The van der Waals surface area contributed by atoms with Gasteiger partial charge in [-0.05, 0) is 13.8 Å². The Morgan fingerprint density at radius 3 is 2.32 bits per heavy atom. The molecule has 0 aliphatic heterocycles. The van der Waals surface area contributed by atoms with E-state index in [9.17, 15) is 0 Å². The second-order valence-electron chi connectivity index (χ2n) is 4.24. The Balaban J connectivity index is 2.20. The van der Waals surface area contributed by atoms with Gasteiger partial charge in [-0.15, -0.1) is 0 Å². The Bertz CT molecular complexity index is 313. The summed E-state index contributed by atoms with van der Waals surface area (Å²) in [5, 5.41) is 0. The zero-order valence-electron chi connectivity index (χ0n) is 12.2. The second kappa shape index (κ2) is 9.03. The monoisotopic (exact) mass is 273 g/mol. The van der Waals surface area contributed by atoms with Crippen LogP contribution in [0.5, 0.6) is 0 Å². The van der Waals surface area contributed by atoms with Crippen LogP contribution in [0.1, 0.15) is 13.8 Å². The standard InChI is InChI=1S/C13H25N2O4/c1-12(16-3)18-9-7-14-5-6-15(11-14)8-10-19-13(2)17-4/h5-6,11-13H,7-10H2,1-4H3/q+1. The quantitative estimate of drug-likeness (QED) is 0.467. The summed E-state index contributed by atoms with van der Waals surface area (Å²) < 4.78 is 25.0. The lowest BCUT2D eigenvalue weighted by Crippen LogP contribution is -2.34. The molecule has 2 unspecified atom stereocenters. The van der Waals surface area contributed by atoms with E-state index >= 15 is 0 Å². The number of ether oxygens (including phenoxy) is 4. The third-order valence-corrected chi connectivity index (χ3v) is 2.81. The van der Waals surface area contributed by atoms with Crippen molar-refractivity contribution >= 4 is 0 Å². The predicted octanol–water partition coefficient (Wildman–Crippen LogP) is 0.794. The van der Waals surface area contributed by atoms with Gasteiger partial charge in [-0.2, -0.15) is 0 Å². The molecule has 0 saturated heterocycles. The zero-order valence-corrected chi connectivity index (χ0v) is 12.2. The molecule has 1 aromatic rings. The van der Waals surface area contributed by atoms with Gasteiger partial charge < -0.3 is 18.9 Å². The molecule has 0 amide bonds. The highest BCUT2D eigenvalue weighted by atomic mass is 16.7. The van der Waals surface area contributed by atoms with E-state index in [1.165, 1.54) is 0 Å². The lowest BCUT2D eigenvalue weighted by Gasteiger charge is -2.09. The van der Waals surface area contributed by atoms with Gasteiger partial charge in [0.05, 0.1) is 13.2 Å². The number of imidazole rings is 1. The Morgan fingerprint density at radius 1 is 1.05 bits per heavy atom. The summed E-state index contributed by atoms with van der Waals surface area (Å²) in [5.41, 5.74) is 0. The van der Waals surface area contributed by atoms with Crippen molar-refractivity contribution in [3.05, 3.63) is 18.7 Å². The summed E-state index contributed by atoms with van der Waals surface area (Å²) in [5.74, 6) is 0. The number of rotatable bonds is 10. The number of hydrogen-bond donors (Lipinski definition) is 0. The topological polar surface area (TPSA) is 45.7 Å². The molecule has 0 bridgehead atoms. The lowest BCUT2D eigenvalue weighted by atomic mass is 10.6. The molecule has 0 aliphatic carbocycles. The molecule has 6 nitrogen and oxygen atoms in total. The van der Waals surface area contributed by atoms with Crippen LogP contribution in [0.3, 0.4) is 0 Å². The third kappa shape index (κ3) is 6.68. The SMILES string of the molecule is COC(C)OCCn1cc[n+](CCOC(C)OC)c1. The van der Waals surface area contributed by atoms with Gasteiger partial charge in [-0.25, -0.2) is 9.13 Å². The third-order valence-electron chi connectivity index (χ3n) is 2.81. The Morgan fingerprint density at radius 2 is 1.68 bits per heavy atom. The largest absolute Gasteiger partial charge is 0.356 e. The molecule has 1 rings (SSSR count). The fraction of sp³-hybridized carbons (Fsp3) is 0.769. The van der Waals surface area contributed by atoms with Gasteiger partial charge >= 0.3 is 0 Å². The van der Waals surface area contributed by atoms with E-state index < -0.39 is 0 Å². The molecule has 0 fully saturated rings. The van der Waals surface area contributed by atoms with Crippen LogP contribution in [-0.4, -0.2) is 44.6 Å². The van der Waals surface area contributed by atoms with Crippen LogP contribution in [0.15, 0.2) is 18.7 Å². The van der Waals surface area contributed by atoms with E-state index in [1.807, 2.05) is 32.6 Å². The van der Waals surface area contributed by atoms with E-state index in [0.717, 1.165) is 13.1 Å². The first kappa shape index (κ1) is 16.1. The molecular formula is C13H25N2O4+. The number of nitrogens with zero attached hydrogens (tertiary/aromatic N) is 2. The minimum Gasteiger partial charge on any atom is -0.356 e. The molecule has 19 heavy (non-hydrogen) atoms. The summed E-state index contributed by atoms with van der Waals surface area (Å²) in [4.78, 5) is 0. The van der Waals surface area contributed by atoms with Crippen molar-refractivity contribution in [1.29, 1.82) is 0 Å². The fourth-order valence-corrected chi connectivity index (χ4v) is 1.49. The first-order valence-electron chi connectivity index (χ1n) is 6.49. The highest BCUT2D eigenvalue weighted by molar-refractivity contribution is 4.65. The number of aromatic nitrogens is 2. The molecule has 0 radical (unpaired) electrons. The summed E-state index contributed by atoms with van der Waals surface area (Å²) in [7, 11) is 3.27. The van der Waals surface area contributed by atoms with Crippen LogP contribution in [0.25, 0.3) is 0 Å². The van der Waals surface area contributed by atoms with E-state index in [2.05, 4.69) is 9.13 Å². The van der Waals surface area contributed by atoms with E-state index in [0.29, 0.717) is 13.2 Å². The van der Waals surface area contributed by atoms with E-state index in [-0.39, 0.29) is 12.6 Å². The zero-order chi connectivity index (χ0) is 14.1. The van der Waals surface area contributed by atoms with Gasteiger partial charge in [0.25, 0.3) is 0 Å². The number of methoxy groups -OCH3 is 2. The van der Waals surface area contributed by atoms with Crippen LogP contribution in [-0.2, 0) is 32.0 Å². The summed E-state index contributed by atoms with van der Waals surface area (Å²) in [6.07, 6.45) is 5.74. The van der Waals surface area contributed by atoms with Crippen molar-refractivity contribution in [1.82, 2.24) is 4.57 Å². The van der Waals surface area contributed by atoms with Crippen molar-refractivity contribution in [2.75, 3.05) is 27.4 Å². The molecule has 0 saturated carbocycles. The second-order valence-corrected chi connectivity index (χ2v) is 4.24. The maximum Gasteiger partial charge on any atom is 0.243 e. The predicted molar refractivity (Wildman–Crippen MR) is 69.5 cm³/mol. The van der Waals surface area contributed by atoms with Gasteiger partial charge in [-0.3, -0.25) is 0 Å². The van der Waals surface area contributed by atoms with Crippen molar-refractivity contribution in [2.45, 2.75) is 39.5 Å². The molecule has 0 aliphatic rings. The minimum atomic E-state index is -0.161. The van der Waals surface area contributed by atoms with Crippen LogP contribution in [0, 0.1) is 0 Å². The Kier molecular flexibility index (Phi) is 7.66. The van der Waals surface area contributed by atoms with Crippen LogP contribution >= 0.6 is 0 Å². The smallest absolute Gasteiger partial charge is 0.243 e. The van der Waals surface area contributed by atoms with Crippen molar-refractivity contribution < 1.29 is 23.5 Å². The number of hydrogen-bond acceptors (Lipinski definition) is 4. The molecule has 0 spiro atoms. The molecule has 6 heteroatoms. The van der Waals surface area contributed by atoms with Gasteiger partial charge in [0.15, 0.2) is 12.6 Å². The average molecular weight is 273 g/mol. The summed E-state index contributed by atoms with van der Waals surface area (Å²) in [6, 6.07) is 0. The first-order chi connectivity index (χ1) is 9.15. The summed E-state index contributed by atoms with van der Waals surface area (Å²) in [6.45, 7) is 6.61.